The normalized spacial score (nSPS) is 16.0. The third-order valence-electron chi connectivity index (χ3n) is 5.94. The molecule has 2 fully saturated rings. The Balaban J connectivity index is 1.51. The summed E-state index contributed by atoms with van der Waals surface area (Å²) in [7, 11) is 0. The van der Waals surface area contributed by atoms with Crippen LogP contribution >= 0.6 is 0 Å². The van der Waals surface area contributed by atoms with Crippen LogP contribution in [-0.2, 0) is 9.59 Å². The highest BCUT2D eigenvalue weighted by Crippen LogP contribution is 2.30. The number of rotatable bonds is 6. The summed E-state index contributed by atoms with van der Waals surface area (Å²) in [6, 6.07) is 14.5. The number of piperidine rings is 1. The average Bonchev–Trinajstić information content (AvgIpc) is 3.64. The van der Waals surface area contributed by atoms with Gasteiger partial charge in [-0.3, -0.25) is 19.3 Å². The molecule has 1 saturated carbocycles. The zero-order chi connectivity index (χ0) is 21.8. The Morgan fingerprint density at radius 3 is 2.19 bits per heavy atom. The van der Waals surface area contributed by atoms with Crippen molar-refractivity contribution in [2.24, 2.45) is 5.92 Å². The molecule has 0 unspecified atom stereocenters. The lowest BCUT2D eigenvalue weighted by atomic mass is 10.1. The molecule has 6 heteroatoms. The molecule has 2 aliphatic rings. The zero-order valence-corrected chi connectivity index (χ0v) is 18.0. The van der Waals surface area contributed by atoms with Gasteiger partial charge in [-0.1, -0.05) is 17.7 Å². The number of anilines is 2. The summed E-state index contributed by atoms with van der Waals surface area (Å²) in [6.07, 6.45) is 5.06. The second-order valence-electron chi connectivity index (χ2n) is 8.51. The van der Waals surface area contributed by atoms with Crippen LogP contribution in [0.25, 0.3) is 0 Å². The molecular weight excluding hydrogens is 390 g/mol. The summed E-state index contributed by atoms with van der Waals surface area (Å²) < 4.78 is 0. The maximum absolute atomic E-state index is 13.4. The largest absolute Gasteiger partial charge is 0.341 e. The molecule has 6 nitrogen and oxygen atoms in total. The molecule has 0 aromatic heterocycles. The maximum Gasteiger partial charge on any atom is 0.258 e. The molecule has 31 heavy (non-hydrogen) atoms. The van der Waals surface area contributed by atoms with Crippen molar-refractivity contribution in [2.45, 2.75) is 39.0 Å². The summed E-state index contributed by atoms with van der Waals surface area (Å²) in [4.78, 5) is 41.6. The number of hydrogen-bond acceptors (Lipinski definition) is 3. The molecule has 1 aliphatic heterocycles. The van der Waals surface area contributed by atoms with Gasteiger partial charge in [0.05, 0.1) is 0 Å². The van der Waals surface area contributed by atoms with Gasteiger partial charge in [0.25, 0.3) is 5.91 Å². The van der Waals surface area contributed by atoms with E-state index in [0.29, 0.717) is 16.9 Å². The molecule has 0 radical (unpaired) electrons. The van der Waals surface area contributed by atoms with E-state index in [1.54, 1.807) is 29.2 Å². The van der Waals surface area contributed by atoms with Crippen LogP contribution in [0.15, 0.2) is 48.5 Å². The molecule has 3 amide bonds. The zero-order valence-electron chi connectivity index (χ0n) is 18.0. The fourth-order valence-electron chi connectivity index (χ4n) is 3.83. The fourth-order valence-corrected chi connectivity index (χ4v) is 3.83. The second kappa shape index (κ2) is 9.33. The number of hydrogen-bond donors (Lipinski definition) is 1. The van der Waals surface area contributed by atoms with Crippen LogP contribution in [0.2, 0.25) is 0 Å². The van der Waals surface area contributed by atoms with Crippen LogP contribution in [0.3, 0.4) is 0 Å². The molecule has 0 bridgehead atoms. The van der Waals surface area contributed by atoms with E-state index in [2.05, 4.69) is 5.32 Å². The molecular formula is C25H29N3O3. The van der Waals surface area contributed by atoms with Crippen molar-refractivity contribution < 1.29 is 14.4 Å². The smallest absolute Gasteiger partial charge is 0.258 e. The number of amides is 3. The molecule has 2 aromatic rings. The highest BCUT2D eigenvalue weighted by Gasteiger charge is 2.29. The third kappa shape index (κ3) is 5.32. The van der Waals surface area contributed by atoms with Crippen LogP contribution in [0.4, 0.5) is 11.4 Å². The lowest BCUT2D eigenvalue weighted by molar-refractivity contribution is -0.130. The van der Waals surface area contributed by atoms with Gasteiger partial charge in [-0.15, -0.1) is 0 Å². The van der Waals surface area contributed by atoms with E-state index in [1.165, 1.54) is 0 Å². The Kier molecular flexibility index (Phi) is 6.35. The van der Waals surface area contributed by atoms with Gasteiger partial charge in [0.15, 0.2) is 0 Å². The van der Waals surface area contributed by atoms with Crippen molar-refractivity contribution in [2.75, 3.05) is 29.9 Å². The first kappa shape index (κ1) is 21.1. The van der Waals surface area contributed by atoms with Crippen molar-refractivity contribution in [3.8, 4) is 0 Å². The molecule has 4 rings (SSSR count). The maximum atomic E-state index is 13.4. The van der Waals surface area contributed by atoms with Crippen LogP contribution in [0.1, 0.15) is 48.0 Å². The molecule has 0 atom stereocenters. The van der Waals surface area contributed by atoms with Gasteiger partial charge in [-0.25, -0.2) is 0 Å². The van der Waals surface area contributed by atoms with Gasteiger partial charge >= 0.3 is 0 Å². The van der Waals surface area contributed by atoms with Crippen molar-refractivity contribution in [1.82, 2.24) is 4.90 Å². The number of nitrogens with zero attached hydrogens (tertiary/aromatic N) is 2. The highest BCUT2D eigenvalue weighted by molar-refractivity contribution is 6.09. The predicted molar refractivity (Wildman–Crippen MR) is 121 cm³/mol. The number of benzene rings is 2. The number of aryl methyl sites for hydroxylation is 1. The summed E-state index contributed by atoms with van der Waals surface area (Å²) in [6.45, 7) is 3.51. The van der Waals surface area contributed by atoms with Crippen LogP contribution < -0.4 is 10.2 Å². The first-order chi connectivity index (χ1) is 15.0. The Morgan fingerprint density at radius 2 is 1.58 bits per heavy atom. The summed E-state index contributed by atoms with van der Waals surface area (Å²) in [5, 5.41) is 2.89. The van der Waals surface area contributed by atoms with Crippen molar-refractivity contribution in [3.05, 3.63) is 59.7 Å². The summed E-state index contributed by atoms with van der Waals surface area (Å²) >= 11 is 0. The van der Waals surface area contributed by atoms with Gasteiger partial charge in [0.2, 0.25) is 11.8 Å². The molecule has 2 aromatic carbocycles. The fraction of sp³-hybridized carbons (Fsp3) is 0.400. The molecule has 162 valence electrons. The first-order valence-corrected chi connectivity index (χ1v) is 11.1. The van der Waals surface area contributed by atoms with E-state index in [1.807, 2.05) is 36.1 Å². The highest BCUT2D eigenvalue weighted by atomic mass is 16.2. The van der Waals surface area contributed by atoms with Gasteiger partial charge < -0.3 is 10.2 Å². The monoisotopic (exact) mass is 419 g/mol. The van der Waals surface area contributed by atoms with E-state index in [4.69, 9.17) is 0 Å². The minimum absolute atomic E-state index is 0.0159. The number of carbonyl (C=O) groups is 3. The molecule has 0 spiro atoms. The summed E-state index contributed by atoms with van der Waals surface area (Å²) in [5.74, 6) is -0.0946. The van der Waals surface area contributed by atoms with E-state index >= 15 is 0 Å². The van der Waals surface area contributed by atoms with Crippen LogP contribution in [0, 0.1) is 12.8 Å². The average molecular weight is 420 g/mol. The molecule has 1 N–H and O–H groups in total. The predicted octanol–water partition coefficient (Wildman–Crippen LogP) is 4.00. The number of likely N-dealkylation sites (tertiary alicyclic amines) is 1. The minimum atomic E-state index is -0.228. The lowest BCUT2D eigenvalue weighted by Gasteiger charge is -2.30. The van der Waals surface area contributed by atoms with Crippen molar-refractivity contribution >= 4 is 29.1 Å². The Bertz CT molecular complexity index is 943. The van der Waals surface area contributed by atoms with E-state index in [-0.39, 0.29) is 30.2 Å². The van der Waals surface area contributed by atoms with E-state index in [9.17, 15) is 14.4 Å². The number of carbonyl (C=O) groups excluding carboxylic acids is 3. The second-order valence-corrected chi connectivity index (χ2v) is 8.51. The number of nitrogens with one attached hydrogen (secondary N) is 1. The molecule has 1 saturated heterocycles. The van der Waals surface area contributed by atoms with Crippen LogP contribution in [-0.4, -0.2) is 42.3 Å². The Hall–Kier alpha value is -3.15. The lowest BCUT2D eigenvalue weighted by Crippen LogP contribution is -2.45. The topological polar surface area (TPSA) is 69.7 Å². The quantitative estimate of drug-likeness (QED) is 0.769. The Morgan fingerprint density at radius 1 is 0.935 bits per heavy atom. The van der Waals surface area contributed by atoms with E-state index in [0.717, 1.165) is 50.8 Å². The standard InChI is InChI=1S/C25H29N3O3/c1-18-5-13-22(14-6-18)28(17-23(29)27-15-3-2-4-16-27)25(31)20-9-11-21(12-10-20)26-24(30)19-7-8-19/h5-6,9-14,19H,2-4,7-8,15-17H2,1H3,(H,26,30). The Labute approximate surface area is 183 Å². The van der Waals surface area contributed by atoms with Gasteiger partial charge in [-0.05, 0) is 75.4 Å². The van der Waals surface area contributed by atoms with E-state index < -0.39 is 0 Å². The minimum Gasteiger partial charge on any atom is -0.341 e. The summed E-state index contributed by atoms with van der Waals surface area (Å²) in [5.41, 5.74) is 2.96. The SMILES string of the molecule is Cc1ccc(N(CC(=O)N2CCCCC2)C(=O)c2ccc(NC(=O)C3CC3)cc2)cc1. The van der Waals surface area contributed by atoms with Crippen molar-refractivity contribution in [1.29, 1.82) is 0 Å². The molecule has 1 aliphatic carbocycles. The van der Waals surface area contributed by atoms with Gasteiger partial charge in [0.1, 0.15) is 6.54 Å². The van der Waals surface area contributed by atoms with Gasteiger partial charge in [0, 0.05) is 35.9 Å². The van der Waals surface area contributed by atoms with Gasteiger partial charge in [-0.2, -0.15) is 0 Å². The van der Waals surface area contributed by atoms with Crippen molar-refractivity contribution in [3.63, 3.8) is 0 Å². The first-order valence-electron chi connectivity index (χ1n) is 11.1. The third-order valence-corrected chi connectivity index (χ3v) is 5.94. The van der Waals surface area contributed by atoms with Crippen LogP contribution in [0.5, 0.6) is 0 Å². The molecule has 1 heterocycles.